The summed E-state index contributed by atoms with van der Waals surface area (Å²) in [7, 11) is 0. The highest BCUT2D eigenvalue weighted by atomic mass is 32.1. The van der Waals surface area contributed by atoms with E-state index in [1.54, 1.807) is 11.3 Å². The Hall–Kier alpha value is -1.29. The van der Waals surface area contributed by atoms with E-state index < -0.39 is 0 Å². The molecule has 3 nitrogen and oxygen atoms in total. The maximum absolute atomic E-state index is 5.72. The number of hydrogen-bond donors (Lipinski definition) is 2. The lowest BCUT2D eigenvalue weighted by molar-refractivity contribution is 1.11. The van der Waals surface area contributed by atoms with Crippen LogP contribution in [0.1, 0.15) is 12.5 Å². The Morgan fingerprint density at radius 2 is 2.46 bits per heavy atom. The summed E-state index contributed by atoms with van der Waals surface area (Å²) in [5, 5.41) is 9.01. The van der Waals surface area contributed by atoms with Crippen molar-refractivity contribution >= 4 is 17.2 Å². The zero-order valence-corrected chi connectivity index (χ0v) is 8.19. The summed E-state index contributed by atoms with van der Waals surface area (Å²) < 4.78 is 0. The van der Waals surface area contributed by atoms with Crippen molar-refractivity contribution in [2.75, 3.05) is 5.73 Å². The van der Waals surface area contributed by atoms with E-state index in [2.05, 4.69) is 23.2 Å². The standard InChI is InChI=1S/C9H11N3S/c1-2-6-8(11-12-9(6)10)7-4-3-5-13-7/h3-5H,2H2,1H3,(H3,10,11,12). The number of nitrogens with zero attached hydrogens (tertiary/aromatic N) is 1. The van der Waals surface area contributed by atoms with Crippen molar-refractivity contribution in [3.8, 4) is 10.6 Å². The monoisotopic (exact) mass is 193 g/mol. The molecule has 0 radical (unpaired) electrons. The number of rotatable bonds is 2. The van der Waals surface area contributed by atoms with Crippen LogP contribution in [0, 0.1) is 0 Å². The number of anilines is 1. The predicted molar refractivity (Wildman–Crippen MR) is 55.7 cm³/mol. The normalized spacial score (nSPS) is 10.5. The number of nitrogens with one attached hydrogen (secondary N) is 1. The second-order valence-corrected chi connectivity index (χ2v) is 3.74. The molecule has 0 bridgehead atoms. The minimum Gasteiger partial charge on any atom is -0.382 e. The van der Waals surface area contributed by atoms with Crippen molar-refractivity contribution in [2.45, 2.75) is 13.3 Å². The summed E-state index contributed by atoms with van der Waals surface area (Å²) in [5.41, 5.74) is 7.90. The lowest BCUT2D eigenvalue weighted by Gasteiger charge is -1.96. The molecule has 0 aromatic carbocycles. The first-order valence-electron chi connectivity index (χ1n) is 4.19. The van der Waals surface area contributed by atoms with Crippen molar-refractivity contribution in [3.63, 3.8) is 0 Å². The number of nitrogens with two attached hydrogens (primary N) is 1. The Kier molecular flexibility index (Phi) is 2.06. The second kappa shape index (κ2) is 3.22. The van der Waals surface area contributed by atoms with Crippen molar-refractivity contribution in [3.05, 3.63) is 23.1 Å². The minimum absolute atomic E-state index is 0.617. The van der Waals surface area contributed by atoms with Gasteiger partial charge in [-0.1, -0.05) is 13.0 Å². The first-order valence-corrected chi connectivity index (χ1v) is 5.07. The molecule has 3 N–H and O–H groups in total. The SMILES string of the molecule is CCc1c(N)n[nH]c1-c1cccs1. The fourth-order valence-electron chi connectivity index (χ4n) is 1.36. The van der Waals surface area contributed by atoms with Gasteiger partial charge in [-0.25, -0.2) is 0 Å². The maximum atomic E-state index is 5.72. The molecule has 0 aliphatic carbocycles. The molecule has 13 heavy (non-hydrogen) atoms. The molecule has 0 atom stereocenters. The quantitative estimate of drug-likeness (QED) is 0.768. The first-order chi connectivity index (χ1) is 6.33. The van der Waals surface area contributed by atoms with Gasteiger partial charge in [-0.15, -0.1) is 11.3 Å². The fraction of sp³-hybridized carbons (Fsp3) is 0.222. The molecule has 2 aromatic heterocycles. The van der Waals surface area contributed by atoms with Gasteiger partial charge in [0.1, 0.15) is 5.82 Å². The summed E-state index contributed by atoms with van der Waals surface area (Å²) in [4.78, 5) is 1.20. The van der Waals surface area contributed by atoms with Gasteiger partial charge in [0.2, 0.25) is 0 Å². The Bertz CT molecular complexity index is 389. The number of aromatic amines is 1. The summed E-state index contributed by atoms with van der Waals surface area (Å²) in [5.74, 6) is 0.617. The van der Waals surface area contributed by atoms with Crippen LogP contribution >= 0.6 is 11.3 Å². The van der Waals surface area contributed by atoms with Crippen molar-refractivity contribution in [2.24, 2.45) is 0 Å². The highest BCUT2D eigenvalue weighted by Gasteiger charge is 2.10. The lowest BCUT2D eigenvalue weighted by Crippen LogP contribution is -1.90. The zero-order valence-electron chi connectivity index (χ0n) is 7.37. The van der Waals surface area contributed by atoms with Crippen molar-refractivity contribution in [1.82, 2.24) is 10.2 Å². The number of hydrogen-bond acceptors (Lipinski definition) is 3. The average molecular weight is 193 g/mol. The Labute approximate surface area is 80.6 Å². The number of aromatic nitrogens is 2. The molecule has 4 heteroatoms. The van der Waals surface area contributed by atoms with Crippen LogP contribution in [0.25, 0.3) is 10.6 Å². The third kappa shape index (κ3) is 1.33. The molecule has 0 unspecified atom stereocenters. The van der Waals surface area contributed by atoms with Gasteiger partial charge in [-0.3, -0.25) is 5.10 Å². The molecule has 68 valence electrons. The minimum atomic E-state index is 0.617. The smallest absolute Gasteiger partial charge is 0.149 e. The molecule has 0 aliphatic heterocycles. The second-order valence-electron chi connectivity index (χ2n) is 2.79. The van der Waals surface area contributed by atoms with E-state index in [9.17, 15) is 0 Å². The summed E-state index contributed by atoms with van der Waals surface area (Å²) in [6.45, 7) is 2.08. The Morgan fingerprint density at radius 1 is 1.62 bits per heavy atom. The van der Waals surface area contributed by atoms with Crippen LogP contribution in [0.4, 0.5) is 5.82 Å². The van der Waals surface area contributed by atoms with E-state index in [1.165, 1.54) is 4.88 Å². The van der Waals surface area contributed by atoms with Gasteiger partial charge in [0.25, 0.3) is 0 Å². The van der Waals surface area contributed by atoms with E-state index in [0.717, 1.165) is 17.7 Å². The molecule has 0 spiro atoms. The number of H-pyrrole nitrogens is 1. The van der Waals surface area contributed by atoms with Crippen LogP contribution in [-0.2, 0) is 6.42 Å². The van der Waals surface area contributed by atoms with E-state index >= 15 is 0 Å². The molecule has 2 aromatic rings. The topological polar surface area (TPSA) is 54.7 Å². The van der Waals surface area contributed by atoms with E-state index in [0.29, 0.717) is 5.82 Å². The van der Waals surface area contributed by atoms with Gasteiger partial charge >= 0.3 is 0 Å². The third-order valence-corrected chi connectivity index (χ3v) is 2.91. The zero-order chi connectivity index (χ0) is 9.26. The molecular formula is C9H11N3S. The summed E-state index contributed by atoms with van der Waals surface area (Å²) >= 11 is 1.69. The first kappa shape index (κ1) is 8.31. The predicted octanol–water partition coefficient (Wildman–Crippen LogP) is 2.28. The third-order valence-electron chi connectivity index (χ3n) is 2.02. The number of nitrogen functional groups attached to an aromatic ring is 1. The Balaban J connectivity index is 2.52. The molecular weight excluding hydrogens is 182 g/mol. The lowest BCUT2D eigenvalue weighted by atomic mass is 10.1. The molecule has 0 amide bonds. The molecule has 0 aliphatic rings. The van der Waals surface area contributed by atoms with Gasteiger partial charge in [-0.05, 0) is 17.9 Å². The Morgan fingerprint density at radius 3 is 3.08 bits per heavy atom. The van der Waals surface area contributed by atoms with Crippen LogP contribution in [0.5, 0.6) is 0 Å². The summed E-state index contributed by atoms with van der Waals surface area (Å²) in [6.07, 6.45) is 0.912. The van der Waals surface area contributed by atoms with Crippen molar-refractivity contribution < 1.29 is 0 Å². The van der Waals surface area contributed by atoms with Gasteiger partial charge in [-0.2, -0.15) is 5.10 Å². The van der Waals surface area contributed by atoms with Crippen LogP contribution in [-0.4, -0.2) is 10.2 Å². The largest absolute Gasteiger partial charge is 0.382 e. The summed E-state index contributed by atoms with van der Waals surface area (Å²) in [6, 6.07) is 4.09. The number of thiophene rings is 1. The van der Waals surface area contributed by atoms with E-state index in [1.807, 2.05) is 11.4 Å². The molecule has 2 rings (SSSR count). The van der Waals surface area contributed by atoms with Crippen LogP contribution in [0.3, 0.4) is 0 Å². The highest BCUT2D eigenvalue weighted by molar-refractivity contribution is 7.13. The van der Waals surface area contributed by atoms with Gasteiger partial charge in [0, 0.05) is 5.56 Å². The molecule has 0 saturated carbocycles. The molecule has 0 fully saturated rings. The van der Waals surface area contributed by atoms with Gasteiger partial charge in [0.05, 0.1) is 10.6 Å². The van der Waals surface area contributed by atoms with E-state index in [4.69, 9.17) is 5.73 Å². The molecule has 2 heterocycles. The van der Waals surface area contributed by atoms with Crippen LogP contribution < -0.4 is 5.73 Å². The van der Waals surface area contributed by atoms with Crippen LogP contribution in [0.2, 0.25) is 0 Å². The molecule has 0 saturated heterocycles. The highest BCUT2D eigenvalue weighted by Crippen LogP contribution is 2.28. The van der Waals surface area contributed by atoms with Gasteiger partial charge in [0.15, 0.2) is 0 Å². The average Bonchev–Trinajstić information content (AvgIpc) is 2.71. The maximum Gasteiger partial charge on any atom is 0.149 e. The van der Waals surface area contributed by atoms with Crippen molar-refractivity contribution in [1.29, 1.82) is 0 Å². The van der Waals surface area contributed by atoms with E-state index in [-0.39, 0.29) is 0 Å². The van der Waals surface area contributed by atoms with Gasteiger partial charge < -0.3 is 5.73 Å². The van der Waals surface area contributed by atoms with Crippen LogP contribution in [0.15, 0.2) is 17.5 Å². The fourth-order valence-corrected chi connectivity index (χ4v) is 2.11.